The molecule has 0 saturated carbocycles. The predicted octanol–water partition coefficient (Wildman–Crippen LogP) is 5.53. The maximum atomic E-state index is 5.88. The Morgan fingerprint density at radius 1 is 1.09 bits per heavy atom. The zero-order valence-electron chi connectivity index (χ0n) is 12.0. The van der Waals surface area contributed by atoms with Crippen LogP contribution in [0.4, 0.5) is 5.69 Å². The minimum Gasteiger partial charge on any atom is -0.325 e. The molecule has 0 amide bonds. The first-order valence-electron chi connectivity index (χ1n) is 7.12. The highest BCUT2D eigenvalue weighted by molar-refractivity contribution is 8.03. The maximum absolute atomic E-state index is 5.88. The van der Waals surface area contributed by atoms with Crippen molar-refractivity contribution in [3.63, 3.8) is 0 Å². The van der Waals surface area contributed by atoms with Gasteiger partial charge in [0.05, 0.1) is 5.69 Å². The van der Waals surface area contributed by atoms with Gasteiger partial charge in [-0.2, -0.15) is 0 Å². The summed E-state index contributed by atoms with van der Waals surface area (Å²) in [4.78, 5) is 1.10. The minimum absolute atomic E-state index is 0.755. The quantitative estimate of drug-likeness (QED) is 0.697. The topological polar surface area (TPSA) is 38.0 Å². The average Bonchev–Trinajstić information content (AvgIpc) is 2.99. The Morgan fingerprint density at radius 3 is 2.55 bits per heavy atom. The van der Waals surface area contributed by atoms with Gasteiger partial charge in [0.1, 0.15) is 0 Å². The minimum atomic E-state index is 0.755. The lowest BCUT2D eigenvalue weighted by Gasteiger charge is -2.11. The van der Waals surface area contributed by atoms with Crippen LogP contribution in [0.3, 0.4) is 0 Å². The number of fused-ring (bicyclic) bond motifs is 1. The first-order valence-corrected chi connectivity index (χ1v) is 9.26. The highest BCUT2D eigenvalue weighted by atomic mass is 35.5. The summed E-state index contributed by atoms with van der Waals surface area (Å²) in [5, 5.41) is 8.58. The average molecular weight is 349 g/mol. The number of aryl methyl sites for hydroxylation is 2. The Morgan fingerprint density at radius 2 is 1.82 bits per heavy atom. The molecule has 114 valence electrons. The molecule has 0 heterocycles. The Bertz CT molecular complexity index is 684. The number of rotatable bonds is 5. The van der Waals surface area contributed by atoms with E-state index in [0.717, 1.165) is 21.2 Å². The van der Waals surface area contributed by atoms with Crippen molar-refractivity contribution < 1.29 is 0 Å². The van der Waals surface area contributed by atoms with E-state index in [-0.39, 0.29) is 0 Å². The van der Waals surface area contributed by atoms with E-state index in [2.05, 4.69) is 22.9 Å². The molecule has 3 rings (SSSR count). The molecule has 2 aromatic rings. The molecule has 0 aromatic heterocycles. The van der Waals surface area contributed by atoms with Crippen LogP contribution in [-0.4, -0.2) is 0 Å². The van der Waals surface area contributed by atoms with Crippen LogP contribution in [0.2, 0.25) is 5.02 Å². The Hall–Kier alpha value is -1.07. The third-order valence-corrected chi connectivity index (χ3v) is 5.14. The molecule has 1 aliphatic carbocycles. The van der Waals surface area contributed by atoms with E-state index in [4.69, 9.17) is 16.7 Å². The van der Waals surface area contributed by atoms with E-state index < -0.39 is 0 Å². The van der Waals surface area contributed by atoms with Gasteiger partial charge >= 0.3 is 0 Å². The van der Waals surface area contributed by atoms with Gasteiger partial charge in [0.15, 0.2) is 0 Å². The van der Waals surface area contributed by atoms with Gasteiger partial charge in [-0.15, -0.1) is 0 Å². The van der Waals surface area contributed by atoms with Gasteiger partial charge in [0, 0.05) is 9.92 Å². The van der Waals surface area contributed by atoms with E-state index in [9.17, 15) is 0 Å². The lowest BCUT2D eigenvalue weighted by atomic mass is 10.1. The molecule has 3 N–H and O–H groups in total. The van der Waals surface area contributed by atoms with Crippen LogP contribution >= 0.6 is 35.5 Å². The molecule has 0 atom stereocenters. The second-order valence-corrected chi connectivity index (χ2v) is 6.99. The van der Waals surface area contributed by atoms with Crippen molar-refractivity contribution in [2.75, 3.05) is 4.72 Å². The van der Waals surface area contributed by atoms with Crippen LogP contribution in [0, 0.1) is 0 Å². The summed E-state index contributed by atoms with van der Waals surface area (Å²) in [6.07, 6.45) is 5.64. The van der Waals surface area contributed by atoms with E-state index in [1.54, 1.807) is 11.9 Å². The Kier molecular flexibility index (Phi) is 5.37. The second kappa shape index (κ2) is 7.47. The van der Waals surface area contributed by atoms with Crippen molar-refractivity contribution in [3.05, 3.63) is 63.5 Å². The van der Waals surface area contributed by atoms with Gasteiger partial charge in [0.25, 0.3) is 0 Å². The summed E-state index contributed by atoms with van der Waals surface area (Å²) in [6.45, 7) is 0. The van der Waals surface area contributed by atoms with E-state index in [0.29, 0.717) is 0 Å². The fourth-order valence-electron chi connectivity index (χ4n) is 2.56. The summed E-state index contributed by atoms with van der Waals surface area (Å²) in [6, 6.07) is 12.2. The highest BCUT2D eigenvalue weighted by Gasteiger charge is 2.14. The molecule has 0 radical (unpaired) electrons. The van der Waals surface area contributed by atoms with Crippen molar-refractivity contribution in [2.45, 2.75) is 24.2 Å². The third kappa shape index (κ3) is 3.82. The molecular formula is C17H17ClN2S2. The number of halogens is 1. The summed E-state index contributed by atoms with van der Waals surface area (Å²) in [7, 11) is 0. The van der Waals surface area contributed by atoms with Crippen molar-refractivity contribution in [1.82, 2.24) is 0 Å². The van der Waals surface area contributed by atoms with E-state index in [1.165, 1.54) is 42.3 Å². The zero-order chi connectivity index (χ0) is 15.4. The molecule has 0 saturated heterocycles. The van der Waals surface area contributed by atoms with Crippen molar-refractivity contribution in [3.8, 4) is 0 Å². The van der Waals surface area contributed by atoms with Crippen LogP contribution in [0.15, 0.2) is 46.7 Å². The number of hydrogen-bond donors (Lipinski definition) is 2. The van der Waals surface area contributed by atoms with Gasteiger partial charge in [-0.25, -0.2) is 0 Å². The molecular weight excluding hydrogens is 332 g/mol. The number of hydrogen-bond acceptors (Lipinski definition) is 4. The van der Waals surface area contributed by atoms with Gasteiger partial charge in [0.2, 0.25) is 0 Å². The number of anilines is 1. The number of nitrogens with one attached hydrogen (secondary N) is 1. The molecule has 0 unspecified atom stereocenters. The predicted molar refractivity (Wildman–Crippen MR) is 100 cm³/mol. The van der Waals surface area contributed by atoms with Gasteiger partial charge in [-0.3, -0.25) is 5.14 Å². The fourth-order valence-corrected chi connectivity index (χ4v) is 3.79. The molecule has 2 aromatic carbocycles. The summed E-state index contributed by atoms with van der Waals surface area (Å²) in [5.74, 6) is 0. The molecule has 22 heavy (non-hydrogen) atoms. The Balaban J connectivity index is 1.65. The van der Waals surface area contributed by atoms with Gasteiger partial charge in [-0.1, -0.05) is 23.7 Å². The number of nitrogens with two attached hydrogens (primary N) is 1. The largest absolute Gasteiger partial charge is 0.325 e. The van der Waals surface area contributed by atoms with Gasteiger partial charge in [-0.05, 0) is 95.6 Å². The zero-order valence-corrected chi connectivity index (χ0v) is 14.4. The molecule has 0 aliphatic heterocycles. The molecule has 5 heteroatoms. The molecule has 2 nitrogen and oxygen atoms in total. The monoisotopic (exact) mass is 348 g/mol. The second-order valence-electron chi connectivity index (χ2n) is 5.16. The summed E-state index contributed by atoms with van der Waals surface area (Å²) >= 11 is 8.73. The van der Waals surface area contributed by atoms with Crippen LogP contribution in [0.25, 0.3) is 6.08 Å². The molecule has 1 aliphatic rings. The smallest absolute Gasteiger partial charge is 0.0596 e. The van der Waals surface area contributed by atoms with Crippen LogP contribution in [0.5, 0.6) is 0 Å². The molecule has 0 spiro atoms. The van der Waals surface area contributed by atoms with E-state index in [1.807, 2.05) is 29.7 Å². The lowest BCUT2D eigenvalue weighted by molar-refractivity contribution is 0.911. The van der Waals surface area contributed by atoms with Crippen LogP contribution in [-0.2, 0) is 12.8 Å². The standard InChI is InChI=1S/C17H17ClN2S2/c18-15-6-4-12(5-7-15)8-9-21-20-16-10-13-2-1-3-14(13)11-17(16)22-19/h4-11,20H,1-3,19H2/b9-8+. The first kappa shape index (κ1) is 15.8. The van der Waals surface area contributed by atoms with Crippen molar-refractivity contribution in [1.29, 1.82) is 0 Å². The normalized spacial score (nSPS) is 13.5. The highest BCUT2D eigenvalue weighted by Crippen LogP contribution is 2.33. The van der Waals surface area contributed by atoms with Crippen LogP contribution in [0.1, 0.15) is 23.1 Å². The lowest BCUT2D eigenvalue weighted by Crippen LogP contribution is -1.94. The first-order chi connectivity index (χ1) is 10.8. The summed E-state index contributed by atoms with van der Waals surface area (Å²) in [5.41, 5.74) is 5.11. The van der Waals surface area contributed by atoms with Gasteiger partial charge < -0.3 is 4.72 Å². The molecule has 0 fully saturated rings. The SMILES string of the molecule is NSc1cc2c(cc1NS/C=C/c1ccc(Cl)cc1)CCC2. The maximum Gasteiger partial charge on any atom is 0.0596 e. The number of benzene rings is 2. The van der Waals surface area contributed by atoms with E-state index >= 15 is 0 Å². The third-order valence-electron chi connectivity index (χ3n) is 3.69. The van der Waals surface area contributed by atoms with Crippen molar-refractivity contribution in [2.24, 2.45) is 5.14 Å². The summed E-state index contributed by atoms with van der Waals surface area (Å²) < 4.78 is 3.38. The van der Waals surface area contributed by atoms with Crippen molar-refractivity contribution >= 4 is 47.3 Å². The fraction of sp³-hybridized carbons (Fsp3) is 0.176. The van der Waals surface area contributed by atoms with Crippen LogP contribution < -0.4 is 9.86 Å². The Labute approximate surface area is 144 Å². The molecule has 0 bridgehead atoms.